The Morgan fingerprint density at radius 1 is 1.12 bits per heavy atom. The maximum Gasteiger partial charge on any atom is 0.165 e. The van der Waals surface area contributed by atoms with Crippen LogP contribution in [0.1, 0.15) is 46.7 Å². The molecular formula is C20H25N3O. The van der Waals surface area contributed by atoms with Gasteiger partial charge in [0.25, 0.3) is 0 Å². The van der Waals surface area contributed by atoms with E-state index >= 15 is 0 Å². The number of hydrogen-bond acceptors (Lipinski definition) is 3. The third-order valence-corrected chi connectivity index (χ3v) is 5.32. The van der Waals surface area contributed by atoms with Crippen LogP contribution in [0.2, 0.25) is 0 Å². The first kappa shape index (κ1) is 15.6. The summed E-state index contributed by atoms with van der Waals surface area (Å²) in [7, 11) is 4.23. The number of hydrogen-bond donors (Lipinski definition) is 0. The van der Waals surface area contributed by atoms with Gasteiger partial charge in [0.1, 0.15) is 0 Å². The molecule has 0 aliphatic heterocycles. The summed E-state index contributed by atoms with van der Waals surface area (Å²) in [4.78, 5) is 19.5. The molecule has 0 spiro atoms. The highest BCUT2D eigenvalue weighted by atomic mass is 16.1. The highest BCUT2D eigenvalue weighted by Gasteiger charge is 2.32. The zero-order valence-electron chi connectivity index (χ0n) is 14.6. The summed E-state index contributed by atoms with van der Waals surface area (Å²) in [5, 5.41) is 0. The average molecular weight is 323 g/mol. The van der Waals surface area contributed by atoms with Gasteiger partial charge in [-0.25, -0.2) is 0 Å². The number of Topliss-reactive ketones (excluding diaryl/α,β-unsaturated/α-hetero) is 1. The largest absolute Gasteiger partial charge is 0.347 e. The first-order valence-electron chi connectivity index (χ1n) is 9.03. The maximum atomic E-state index is 12.7. The molecule has 0 saturated heterocycles. The smallest absolute Gasteiger partial charge is 0.165 e. The Morgan fingerprint density at radius 2 is 1.96 bits per heavy atom. The van der Waals surface area contributed by atoms with E-state index in [-0.39, 0.29) is 0 Å². The molecule has 0 atom stereocenters. The van der Waals surface area contributed by atoms with Crippen molar-refractivity contribution in [2.75, 3.05) is 20.6 Å². The van der Waals surface area contributed by atoms with Crippen LogP contribution in [-0.2, 0) is 25.8 Å². The van der Waals surface area contributed by atoms with Crippen LogP contribution in [0.15, 0.2) is 18.3 Å². The summed E-state index contributed by atoms with van der Waals surface area (Å²) in [5.74, 6) is 0.329. The Morgan fingerprint density at radius 3 is 2.79 bits per heavy atom. The lowest BCUT2D eigenvalue weighted by Gasteiger charge is -2.19. The normalized spacial score (nSPS) is 16.0. The van der Waals surface area contributed by atoms with Crippen molar-refractivity contribution in [3.63, 3.8) is 0 Å². The maximum absolute atomic E-state index is 12.7. The Balaban J connectivity index is 1.84. The van der Waals surface area contributed by atoms with Crippen molar-refractivity contribution >= 4 is 5.78 Å². The van der Waals surface area contributed by atoms with Crippen LogP contribution >= 0.6 is 0 Å². The SMILES string of the molecule is CN(C)CCCn1c2c(c3c1CCc1ncccc1-3)C(=O)CCC2. The number of aromatic nitrogens is 2. The van der Waals surface area contributed by atoms with E-state index < -0.39 is 0 Å². The topological polar surface area (TPSA) is 38.1 Å². The molecule has 0 fully saturated rings. The van der Waals surface area contributed by atoms with Crippen molar-refractivity contribution in [3.05, 3.63) is 41.0 Å². The van der Waals surface area contributed by atoms with Gasteiger partial charge in [0.15, 0.2) is 5.78 Å². The number of ketones is 1. The van der Waals surface area contributed by atoms with Crippen molar-refractivity contribution in [2.24, 2.45) is 0 Å². The second-order valence-electron chi connectivity index (χ2n) is 7.23. The van der Waals surface area contributed by atoms with Crippen molar-refractivity contribution in [3.8, 4) is 11.1 Å². The van der Waals surface area contributed by atoms with Gasteiger partial charge < -0.3 is 9.47 Å². The average Bonchev–Trinajstić information content (AvgIpc) is 2.90. The number of fused-ring (bicyclic) bond motifs is 5. The van der Waals surface area contributed by atoms with Gasteiger partial charge >= 0.3 is 0 Å². The third-order valence-electron chi connectivity index (χ3n) is 5.32. The molecule has 2 aromatic rings. The summed E-state index contributed by atoms with van der Waals surface area (Å²) >= 11 is 0. The fourth-order valence-corrected chi connectivity index (χ4v) is 4.29. The molecule has 2 aliphatic carbocycles. The van der Waals surface area contributed by atoms with Crippen molar-refractivity contribution in [2.45, 2.75) is 45.1 Å². The summed E-state index contributed by atoms with van der Waals surface area (Å²) in [6.07, 6.45) is 7.68. The van der Waals surface area contributed by atoms with E-state index in [1.54, 1.807) is 0 Å². The number of nitrogens with zero attached hydrogens (tertiary/aromatic N) is 3. The number of aryl methyl sites for hydroxylation is 1. The van der Waals surface area contributed by atoms with E-state index in [9.17, 15) is 4.79 Å². The zero-order chi connectivity index (χ0) is 16.7. The summed E-state index contributed by atoms with van der Waals surface area (Å²) < 4.78 is 2.47. The van der Waals surface area contributed by atoms with Crippen molar-refractivity contribution in [1.29, 1.82) is 0 Å². The predicted molar refractivity (Wildman–Crippen MR) is 95.5 cm³/mol. The first-order valence-corrected chi connectivity index (χ1v) is 9.03. The van der Waals surface area contributed by atoms with Gasteiger partial charge in [0.05, 0.1) is 0 Å². The minimum absolute atomic E-state index is 0.329. The summed E-state index contributed by atoms with van der Waals surface area (Å²) in [6, 6.07) is 4.14. The number of carbonyl (C=O) groups is 1. The van der Waals surface area contributed by atoms with Crippen LogP contribution in [0.5, 0.6) is 0 Å². The molecule has 2 aromatic heterocycles. The van der Waals surface area contributed by atoms with E-state index in [0.29, 0.717) is 12.2 Å². The van der Waals surface area contributed by atoms with Crippen molar-refractivity contribution in [1.82, 2.24) is 14.5 Å². The lowest BCUT2D eigenvalue weighted by Crippen LogP contribution is -2.18. The predicted octanol–water partition coefficient (Wildman–Crippen LogP) is 3.12. The summed E-state index contributed by atoms with van der Waals surface area (Å²) in [5.41, 5.74) is 7.21. The standard InChI is InChI=1S/C20H25N3O/c1-22(2)12-5-13-23-16-7-3-8-18(24)20(16)19-14-6-4-11-21-15(14)9-10-17(19)23/h4,6,11H,3,5,7-10,12-13H2,1-2H3. The summed E-state index contributed by atoms with van der Waals surface area (Å²) in [6.45, 7) is 2.09. The molecule has 0 radical (unpaired) electrons. The van der Waals surface area contributed by atoms with Crippen molar-refractivity contribution < 1.29 is 4.79 Å². The van der Waals surface area contributed by atoms with Gasteiger partial charge in [-0.1, -0.05) is 6.07 Å². The van der Waals surface area contributed by atoms with Crippen LogP contribution in [0, 0.1) is 0 Å². The van der Waals surface area contributed by atoms with Crippen LogP contribution in [-0.4, -0.2) is 40.9 Å². The monoisotopic (exact) mass is 323 g/mol. The molecule has 0 aromatic carbocycles. The molecular weight excluding hydrogens is 298 g/mol. The van der Waals surface area contributed by atoms with Crippen LogP contribution in [0.25, 0.3) is 11.1 Å². The van der Waals surface area contributed by atoms with Gasteiger partial charge in [-0.15, -0.1) is 0 Å². The van der Waals surface area contributed by atoms with Gasteiger partial charge in [-0.2, -0.15) is 0 Å². The van der Waals surface area contributed by atoms with Gasteiger partial charge in [0.2, 0.25) is 0 Å². The second kappa shape index (κ2) is 6.17. The molecule has 2 aliphatic rings. The van der Waals surface area contributed by atoms with Gasteiger partial charge in [-0.05, 0) is 58.8 Å². The first-order chi connectivity index (χ1) is 11.7. The minimum atomic E-state index is 0.329. The fourth-order valence-electron chi connectivity index (χ4n) is 4.29. The molecule has 4 nitrogen and oxygen atoms in total. The highest BCUT2D eigenvalue weighted by Crippen LogP contribution is 2.41. The van der Waals surface area contributed by atoms with E-state index in [1.807, 2.05) is 12.3 Å². The van der Waals surface area contributed by atoms with Gasteiger partial charge in [-0.3, -0.25) is 9.78 Å². The second-order valence-corrected chi connectivity index (χ2v) is 7.23. The fraction of sp³-hybridized carbons (Fsp3) is 0.500. The Bertz CT molecular complexity index is 788. The Kier molecular flexibility index (Phi) is 4.01. The molecule has 0 unspecified atom stereocenters. The molecule has 24 heavy (non-hydrogen) atoms. The molecule has 4 rings (SSSR count). The molecule has 0 bridgehead atoms. The van der Waals surface area contributed by atoms with Crippen LogP contribution in [0.3, 0.4) is 0 Å². The lowest BCUT2D eigenvalue weighted by molar-refractivity contribution is 0.0972. The molecule has 0 saturated carbocycles. The Hall–Kier alpha value is -1.94. The lowest BCUT2D eigenvalue weighted by atomic mass is 9.86. The number of pyridine rings is 1. The van der Waals surface area contributed by atoms with E-state index in [4.69, 9.17) is 0 Å². The quantitative estimate of drug-likeness (QED) is 0.868. The molecule has 0 amide bonds. The molecule has 126 valence electrons. The van der Waals surface area contributed by atoms with Crippen LogP contribution < -0.4 is 0 Å². The third kappa shape index (κ3) is 2.49. The van der Waals surface area contributed by atoms with E-state index in [0.717, 1.165) is 56.5 Å². The highest BCUT2D eigenvalue weighted by molar-refractivity contribution is 6.05. The minimum Gasteiger partial charge on any atom is -0.347 e. The van der Waals surface area contributed by atoms with Crippen LogP contribution in [0.4, 0.5) is 0 Å². The number of rotatable bonds is 4. The zero-order valence-corrected chi connectivity index (χ0v) is 14.6. The Labute approximate surface area is 143 Å². The van der Waals surface area contributed by atoms with E-state index in [2.05, 4.69) is 34.6 Å². The van der Waals surface area contributed by atoms with E-state index in [1.165, 1.54) is 22.5 Å². The molecule has 4 heteroatoms. The number of carbonyl (C=O) groups excluding carboxylic acids is 1. The molecule has 0 N–H and O–H groups in total. The van der Waals surface area contributed by atoms with Gasteiger partial charge in [0, 0.05) is 52.9 Å². The molecule has 2 heterocycles.